The van der Waals surface area contributed by atoms with Crippen molar-refractivity contribution in [3.8, 4) is 0 Å². The Balaban J connectivity index is 0.000000272. The highest BCUT2D eigenvalue weighted by atomic mass is 35.5. The Hall–Kier alpha value is -1.57. The van der Waals surface area contributed by atoms with Gasteiger partial charge < -0.3 is 5.11 Å². The summed E-state index contributed by atoms with van der Waals surface area (Å²) in [6.07, 6.45) is -5.73. The first-order chi connectivity index (χ1) is 10.5. The van der Waals surface area contributed by atoms with Crippen molar-refractivity contribution in [3.05, 3.63) is 11.1 Å². The van der Waals surface area contributed by atoms with Gasteiger partial charge in [0.05, 0.1) is 16.7 Å². The van der Waals surface area contributed by atoms with Crippen LogP contribution in [0.2, 0.25) is 0 Å². The number of amides is 2. The average molecular weight is 370 g/mol. The lowest BCUT2D eigenvalue weighted by molar-refractivity contribution is -0.147. The quantitative estimate of drug-likeness (QED) is 0.579. The Labute approximate surface area is 142 Å². The van der Waals surface area contributed by atoms with Crippen LogP contribution in [0.15, 0.2) is 11.1 Å². The number of rotatable bonds is 2. The second-order valence-electron chi connectivity index (χ2n) is 6.68. The smallest absolute Gasteiger partial charge is 0.390 e. The number of hydrogen-bond donors (Lipinski definition) is 2. The van der Waals surface area contributed by atoms with Gasteiger partial charge in [0.2, 0.25) is 0 Å². The van der Waals surface area contributed by atoms with Gasteiger partial charge in [0, 0.05) is 16.6 Å². The summed E-state index contributed by atoms with van der Waals surface area (Å²) in [7, 11) is 0. The van der Waals surface area contributed by atoms with E-state index in [1.807, 2.05) is 0 Å². The second kappa shape index (κ2) is 5.75. The lowest BCUT2D eigenvalue weighted by Gasteiger charge is -2.15. The highest BCUT2D eigenvalue weighted by Crippen LogP contribution is 2.77. The van der Waals surface area contributed by atoms with Crippen molar-refractivity contribution in [2.45, 2.75) is 52.1 Å². The van der Waals surface area contributed by atoms with E-state index in [9.17, 15) is 27.6 Å². The Kier molecular flexibility index (Phi) is 4.91. The molecular weight excluding hydrogens is 351 g/mol. The third kappa shape index (κ3) is 2.92. The fourth-order valence-corrected chi connectivity index (χ4v) is 3.49. The van der Waals surface area contributed by atoms with E-state index < -0.39 is 34.3 Å². The Morgan fingerprint density at radius 3 is 1.67 bits per heavy atom. The van der Waals surface area contributed by atoms with E-state index in [0.717, 1.165) is 0 Å². The van der Waals surface area contributed by atoms with Crippen LogP contribution in [0.5, 0.6) is 0 Å². The molecule has 136 valence electrons. The molecule has 2 aliphatic rings. The Morgan fingerprint density at radius 2 is 1.50 bits per heavy atom. The number of carboxylic acids is 1. The van der Waals surface area contributed by atoms with Crippen molar-refractivity contribution in [3.63, 3.8) is 0 Å². The molecule has 2 rings (SSSR count). The molecule has 1 fully saturated rings. The Morgan fingerprint density at radius 1 is 1.12 bits per heavy atom. The SMILES string of the molecule is CC1(C)C(Cl)(CC(F)(F)F)C1(C)C(=O)O.CC1=C(C)C(=O)NC1=O. The van der Waals surface area contributed by atoms with Crippen LogP contribution in [-0.4, -0.2) is 33.9 Å². The maximum Gasteiger partial charge on any atom is 0.390 e. The van der Waals surface area contributed by atoms with Crippen molar-refractivity contribution in [1.29, 1.82) is 0 Å². The van der Waals surface area contributed by atoms with Gasteiger partial charge in [-0.25, -0.2) is 0 Å². The summed E-state index contributed by atoms with van der Waals surface area (Å²) in [5.74, 6) is -1.82. The van der Waals surface area contributed by atoms with E-state index in [2.05, 4.69) is 5.32 Å². The van der Waals surface area contributed by atoms with Crippen LogP contribution in [0.1, 0.15) is 41.0 Å². The van der Waals surface area contributed by atoms with E-state index in [0.29, 0.717) is 11.1 Å². The van der Waals surface area contributed by atoms with Crippen molar-refractivity contribution >= 4 is 29.4 Å². The van der Waals surface area contributed by atoms with E-state index in [1.165, 1.54) is 20.8 Å². The van der Waals surface area contributed by atoms with Crippen LogP contribution in [0.3, 0.4) is 0 Å². The monoisotopic (exact) mass is 369 g/mol. The number of hydrogen-bond acceptors (Lipinski definition) is 3. The molecule has 2 amide bonds. The number of nitrogens with one attached hydrogen (secondary N) is 1. The molecule has 2 atom stereocenters. The average Bonchev–Trinajstić information content (AvgIpc) is 2.60. The summed E-state index contributed by atoms with van der Waals surface area (Å²) in [4.78, 5) is 30.4. The maximum atomic E-state index is 12.3. The predicted octanol–water partition coefficient (Wildman–Crippen LogP) is 3.03. The van der Waals surface area contributed by atoms with E-state index in [4.69, 9.17) is 16.7 Å². The van der Waals surface area contributed by atoms with Crippen molar-refractivity contribution < 1.29 is 32.7 Å². The van der Waals surface area contributed by atoms with Crippen LogP contribution in [0.25, 0.3) is 0 Å². The number of carboxylic acid groups (broad SMARTS) is 1. The zero-order valence-electron chi connectivity index (χ0n) is 13.9. The minimum Gasteiger partial charge on any atom is -0.481 e. The molecule has 2 unspecified atom stereocenters. The molecule has 0 spiro atoms. The number of carbonyl (C=O) groups excluding carboxylic acids is 2. The molecule has 24 heavy (non-hydrogen) atoms. The van der Waals surface area contributed by atoms with Gasteiger partial charge in [-0.1, -0.05) is 13.8 Å². The second-order valence-corrected chi connectivity index (χ2v) is 7.33. The van der Waals surface area contributed by atoms with E-state index in [-0.39, 0.29) is 11.8 Å². The van der Waals surface area contributed by atoms with Gasteiger partial charge >= 0.3 is 12.1 Å². The first kappa shape index (κ1) is 20.5. The van der Waals surface area contributed by atoms with Gasteiger partial charge in [-0.2, -0.15) is 13.2 Å². The zero-order valence-corrected chi connectivity index (χ0v) is 14.6. The minimum atomic E-state index is -4.45. The van der Waals surface area contributed by atoms with Crippen LogP contribution >= 0.6 is 11.6 Å². The molecule has 2 N–H and O–H groups in total. The summed E-state index contributed by atoms with van der Waals surface area (Å²) in [5.41, 5.74) is -1.54. The van der Waals surface area contributed by atoms with E-state index >= 15 is 0 Å². The summed E-state index contributed by atoms with van der Waals surface area (Å²) in [6.45, 7) is 7.42. The maximum absolute atomic E-state index is 12.3. The number of carbonyl (C=O) groups is 3. The summed E-state index contributed by atoms with van der Waals surface area (Å²) >= 11 is 5.82. The molecule has 0 saturated heterocycles. The predicted molar refractivity (Wildman–Crippen MR) is 80.3 cm³/mol. The molecule has 0 bridgehead atoms. The van der Waals surface area contributed by atoms with Crippen LogP contribution in [-0.2, 0) is 14.4 Å². The molecule has 5 nitrogen and oxygen atoms in total. The van der Waals surface area contributed by atoms with Gasteiger partial charge in [0.15, 0.2) is 0 Å². The van der Waals surface area contributed by atoms with Gasteiger partial charge in [0.25, 0.3) is 11.8 Å². The first-order valence-electron chi connectivity index (χ1n) is 7.05. The largest absolute Gasteiger partial charge is 0.481 e. The minimum absolute atomic E-state index is 0.266. The molecule has 9 heteroatoms. The third-order valence-corrected chi connectivity index (χ3v) is 6.30. The fourth-order valence-electron chi connectivity index (χ4n) is 2.88. The molecule has 0 aromatic rings. The zero-order chi connectivity index (χ0) is 19.3. The summed E-state index contributed by atoms with van der Waals surface area (Å²) in [5, 5.41) is 11.1. The van der Waals surface area contributed by atoms with Gasteiger partial charge in [-0.05, 0) is 20.8 Å². The van der Waals surface area contributed by atoms with Gasteiger partial charge in [0.1, 0.15) is 0 Å². The molecule has 1 aliphatic heterocycles. The molecular formula is C15H19ClF3NO4. The molecule has 0 aromatic carbocycles. The highest BCUT2D eigenvalue weighted by Gasteiger charge is 2.85. The first-order valence-corrected chi connectivity index (χ1v) is 7.43. The van der Waals surface area contributed by atoms with Crippen LogP contribution in [0, 0.1) is 10.8 Å². The fraction of sp³-hybridized carbons (Fsp3) is 0.667. The van der Waals surface area contributed by atoms with Crippen molar-refractivity contribution in [2.75, 3.05) is 0 Å². The molecule has 1 saturated carbocycles. The van der Waals surface area contributed by atoms with E-state index in [1.54, 1.807) is 13.8 Å². The number of aliphatic carboxylic acids is 1. The molecule has 0 aromatic heterocycles. The molecule has 1 aliphatic carbocycles. The van der Waals surface area contributed by atoms with Gasteiger partial charge in [-0.3, -0.25) is 19.7 Å². The lowest BCUT2D eigenvalue weighted by atomic mass is 9.99. The number of alkyl halides is 4. The van der Waals surface area contributed by atoms with Crippen molar-refractivity contribution in [1.82, 2.24) is 5.32 Å². The number of imide groups is 1. The molecule has 1 heterocycles. The van der Waals surface area contributed by atoms with Crippen molar-refractivity contribution in [2.24, 2.45) is 10.8 Å². The topological polar surface area (TPSA) is 83.5 Å². The van der Waals surface area contributed by atoms with Gasteiger partial charge in [-0.15, -0.1) is 11.6 Å². The number of halogens is 4. The van der Waals surface area contributed by atoms with Crippen LogP contribution < -0.4 is 5.32 Å². The summed E-state index contributed by atoms with van der Waals surface area (Å²) < 4.78 is 36.8. The third-order valence-electron chi connectivity index (χ3n) is 5.31. The Bertz CT molecular complexity index is 619. The standard InChI is InChI=1S/C9H12ClF3O2.C6H7NO2/c1-6(2)7(3,5(14)15)8(6,10)4-9(11,12)13;1-3-4(2)6(9)7-5(3)8/h4H2,1-3H3,(H,14,15);1-2H3,(H,7,8,9). The lowest BCUT2D eigenvalue weighted by Crippen LogP contribution is -2.26. The summed E-state index contributed by atoms with van der Waals surface area (Å²) in [6, 6.07) is 0. The van der Waals surface area contributed by atoms with Crippen LogP contribution in [0.4, 0.5) is 13.2 Å². The highest BCUT2D eigenvalue weighted by molar-refractivity contribution is 6.30. The normalized spacial score (nSPS) is 31.4. The molecule has 0 radical (unpaired) electrons.